The number of hydrogen-bond acceptors (Lipinski definition) is 4. The molecule has 3 rings (SSSR count). The molecule has 0 radical (unpaired) electrons. The summed E-state index contributed by atoms with van der Waals surface area (Å²) in [6, 6.07) is 7.84. The number of piperidine rings is 1. The molecule has 2 aromatic rings. The average Bonchev–Trinajstić information content (AvgIpc) is 2.98. The van der Waals surface area contributed by atoms with Gasteiger partial charge in [-0.3, -0.25) is 0 Å². The third-order valence-corrected chi connectivity index (χ3v) is 5.34. The highest BCUT2D eigenvalue weighted by molar-refractivity contribution is 7.14. The van der Waals surface area contributed by atoms with Gasteiger partial charge in [-0.05, 0) is 18.4 Å². The van der Waals surface area contributed by atoms with Crippen LogP contribution in [0, 0.1) is 5.92 Å². The van der Waals surface area contributed by atoms with Crippen molar-refractivity contribution in [3.05, 3.63) is 34.7 Å². The Morgan fingerprint density at radius 3 is 2.95 bits per heavy atom. The molecule has 1 fully saturated rings. The Kier molecular flexibility index (Phi) is 4.48. The molecule has 112 valence electrons. The summed E-state index contributed by atoms with van der Waals surface area (Å²) in [6.07, 6.45) is 1.42. The van der Waals surface area contributed by atoms with Crippen LogP contribution in [0.2, 0.25) is 5.02 Å². The first kappa shape index (κ1) is 14.8. The van der Waals surface area contributed by atoms with Gasteiger partial charge in [-0.2, -0.15) is 0 Å². The molecular weight excluding hydrogens is 304 g/mol. The van der Waals surface area contributed by atoms with E-state index in [9.17, 15) is 0 Å². The molecule has 0 bridgehead atoms. The smallest absolute Gasteiger partial charge is 0.185 e. The highest BCUT2D eigenvalue weighted by Gasteiger charge is 2.27. The molecule has 1 aliphatic rings. The number of rotatable bonds is 3. The summed E-state index contributed by atoms with van der Waals surface area (Å²) in [6.45, 7) is 4.20. The van der Waals surface area contributed by atoms with Crippen LogP contribution in [0.4, 0.5) is 5.13 Å². The third-order valence-electron chi connectivity index (χ3n) is 4.10. The Labute approximate surface area is 134 Å². The topological polar surface area (TPSA) is 25.4 Å². The minimum absolute atomic E-state index is 0.284. The molecule has 0 amide bonds. The zero-order valence-corrected chi connectivity index (χ0v) is 13.8. The van der Waals surface area contributed by atoms with Crippen molar-refractivity contribution >= 4 is 28.1 Å². The van der Waals surface area contributed by atoms with Crippen LogP contribution in [0.1, 0.15) is 13.3 Å². The molecule has 2 heterocycles. The molecule has 1 aromatic heterocycles. The van der Waals surface area contributed by atoms with Gasteiger partial charge in [0.25, 0.3) is 0 Å². The number of methoxy groups -OCH3 is 1. The first-order chi connectivity index (χ1) is 10.2. The van der Waals surface area contributed by atoms with E-state index >= 15 is 0 Å². The molecular formula is C16H19ClN2OS. The molecule has 2 atom stereocenters. The molecule has 0 aliphatic carbocycles. The quantitative estimate of drug-likeness (QED) is 0.841. The molecule has 0 saturated carbocycles. The van der Waals surface area contributed by atoms with E-state index < -0.39 is 0 Å². The van der Waals surface area contributed by atoms with E-state index in [0.717, 1.165) is 40.9 Å². The molecule has 1 saturated heterocycles. The van der Waals surface area contributed by atoms with Gasteiger partial charge < -0.3 is 9.64 Å². The zero-order chi connectivity index (χ0) is 14.8. The van der Waals surface area contributed by atoms with Gasteiger partial charge in [0.15, 0.2) is 5.13 Å². The zero-order valence-electron chi connectivity index (χ0n) is 12.3. The number of nitrogens with zero attached hydrogens (tertiary/aromatic N) is 2. The Morgan fingerprint density at radius 2 is 2.19 bits per heavy atom. The molecule has 3 nitrogen and oxygen atoms in total. The van der Waals surface area contributed by atoms with Crippen molar-refractivity contribution in [3.63, 3.8) is 0 Å². The first-order valence-electron chi connectivity index (χ1n) is 7.17. The summed E-state index contributed by atoms with van der Waals surface area (Å²) in [5, 5.41) is 3.88. The van der Waals surface area contributed by atoms with E-state index in [1.54, 1.807) is 18.4 Å². The minimum Gasteiger partial charge on any atom is -0.379 e. The van der Waals surface area contributed by atoms with Crippen LogP contribution >= 0.6 is 22.9 Å². The van der Waals surface area contributed by atoms with Crippen molar-refractivity contribution in [2.75, 3.05) is 25.1 Å². The van der Waals surface area contributed by atoms with Crippen molar-refractivity contribution in [1.82, 2.24) is 4.98 Å². The van der Waals surface area contributed by atoms with E-state index in [0.29, 0.717) is 5.92 Å². The average molecular weight is 323 g/mol. The van der Waals surface area contributed by atoms with E-state index in [2.05, 4.69) is 17.2 Å². The highest BCUT2D eigenvalue weighted by Crippen LogP contribution is 2.33. The highest BCUT2D eigenvalue weighted by atomic mass is 35.5. The van der Waals surface area contributed by atoms with Gasteiger partial charge in [-0.25, -0.2) is 4.98 Å². The van der Waals surface area contributed by atoms with Crippen LogP contribution in [-0.4, -0.2) is 31.3 Å². The Hall–Kier alpha value is -1.10. The van der Waals surface area contributed by atoms with Gasteiger partial charge in [-0.15, -0.1) is 11.3 Å². The van der Waals surface area contributed by atoms with Crippen molar-refractivity contribution in [3.8, 4) is 11.3 Å². The number of thiazole rings is 1. The van der Waals surface area contributed by atoms with Crippen LogP contribution in [-0.2, 0) is 4.74 Å². The van der Waals surface area contributed by atoms with Crippen molar-refractivity contribution < 1.29 is 4.74 Å². The maximum atomic E-state index is 6.25. The number of benzene rings is 1. The molecule has 1 aromatic carbocycles. The molecule has 5 heteroatoms. The van der Waals surface area contributed by atoms with Crippen LogP contribution in [0.25, 0.3) is 11.3 Å². The minimum atomic E-state index is 0.284. The summed E-state index contributed by atoms with van der Waals surface area (Å²) in [5.74, 6) is 0.606. The predicted octanol–water partition coefficient (Wildman–Crippen LogP) is 4.32. The second-order valence-corrected chi connectivity index (χ2v) is 6.73. The van der Waals surface area contributed by atoms with E-state index in [4.69, 9.17) is 21.3 Å². The lowest BCUT2D eigenvalue weighted by atomic mass is 9.96. The van der Waals surface area contributed by atoms with Gasteiger partial charge in [0.1, 0.15) is 0 Å². The number of ether oxygens (including phenoxy) is 1. The van der Waals surface area contributed by atoms with Crippen molar-refractivity contribution in [2.24, 2.45) is 5.92 Å². The Balaban J connectivity index is 1.81. The molecule has 2 unspecified atom stereocenters. The first-order valence-corrected chi connectivity index (χ1v) is 8.43. The lowest BCUT2D eigenvalue weighted by molar-refractivity contribution is 0.0498. The van der Waals surface area contributed by atoms with E-state index in [1.165, 1.54) is 0 Å². The van der Waals surface area contributed by atoms with Crippen LogP contribution in [0.3, 0.4) is 0 Å². The third kappa shape index (κ3) is 3.07. The lowest BCUT2D eigenvalue weighted by Crippen LogP contribution is -2.43. The number of hydrogen-bond donors (Lipinski definition) is 0. The molecule has 21 heavy (non-hydrogen) atoms. The van der Waals surface area contributed by atoms with Crippen LogP contribution < -0.4 is 4.90 Å². The number of anilines is 1. The summed E-state index contributed by atoms with van der Waals surface area (Å²) in [4.78, 5) is 7.08. The number of halogens is 1. The summed E-state index contributed by atoms with van der Waals surface area (Å²) in [7, 11) is 1.79. The van der Waals surface area contributed by atoms with Crippen LogP contribution in [0.5, 0.6) is 0 Å². The normalized spacial score (nSPS) is 22.5. The van der Waals surface area contributed by atoms with Crippen molar-refractivity contribution in [1.29, 1.82) is 0 Å². The maximum absolute atomic E-state index is 6.25. The fraction of sp³-hybridized carbons (Fsp3) is 0.438. The Morgan fingerprint density at radius 1 is 1.38 bits per heavy atom. The summed E-state index contributed by atoms with van der Waals surface area (Å²) < 4.78 is 5.58. The summed E-state index contributed by atoms with van der Waals surface area (Å²) in [5.41, 5.74) is 1.95. The largest absolute Gasteiger partial charge is 0.379 e. The monoisotopic (exact) mass is 322 g/mol. The second-order valence-electron chi connectivity index (χ2n) is 5.48. The lowest BCUT2D eigenvalue weighted by Gasteiger charge is -2.36. The molecule has 0 spiro atoms. The SMILES string of the molecule is COC1CN(c2nc(-c3ccccc3Cl)cs2)CCC1C. The van der Waals surface area contributed by atoms with E-state index in [-0.39, 0.29) is 6.10 Å². The predicted molar refractivity (Wildman–Crippen MR) is 89.4 cm³/mol. The van der Waals surface area contributed by atoms with E-state index in [1.807, 2.05) is 24.3 Å². The Bertz CT molecular complexity index is 616. The van der Waals surface area contributed by atoms with Crippen LogP contribution in [0.15, 0.2) is 29.6 Å². The molecule has 1 aliphatic heterocycles. The van der Waals surface area contributed by atoms with Gasteiger partial charge in [-0.1, -0.05) is 36.7 Å². The standard InChI is InChI=1S/C16H19ClN2OS/c1-11-7-8-19(9-15(11)20-2)16-18-14(10-21-16)12-5-3-4-6-13(12)17/h3-6,10-11,15H,7-9H2,1-2H3. The van der Waals surface area contributed by atoms with Gasteiger partial charge >= 0.3 is 0 Å². The van der Waals surface area contributed by atoms with Gasteiger partial charge in [0.2, 0.25) is 0 Å². The number of aromatic nitrogens is 1. The fourth-order valence-electron chi connectivity index (χ4n) is 2.72. The maximum Gasteiger partial charge on any atom is 0.185 e. The van der Waals surface area contributed by atoms with Gasteiger partial charge in [0.05, 0.1) is 11.8 Å². The summed E-state index contributed by atoms with van der Waals surface area (Å²) >= 11 is 7.92. The fourth-order valence-corrected chi connectivity index (χ4v) is 3.81. The van der Waals surface area contributed by atoms with Gasteiger partial charge in [0, 0.05) is 36.2 Å². The molecule has 0 N–H and O–H groups in total. The second kappa shape index (κ2) is 6.34. The van der Waals surface area contributed by atoms with Crippen molar-refractivity contribution in [2.45, 2.75) is 19.4 Å².